The molecule has 0 saturated carbocycles. The molecule has 0 saturated heterocycles. The number of fused-ring (bicyclic) bond motifs is 2. The van der Waals surface area contributed by atoms with Crippen molar-refractivity contribution < 1.29 is 18.7 Å². The molecule has 11 heteroatoms. The third-order valence-electron chi connectivity index (χ3n) is 6.40. The van der Waals surface area contributed by atoms with Gasteiger partial charge in [0, 0.05) is 23.5 Å². The first kappa shape index (κ1) is 22.7. The van der Waals surface area contributed by atoms with Gasteiger partial charge in [0.25, 0.3) is 0 Å². The Morgan fingerprint density at radius 1 is 1.11 bits per heavy atom. The lowest BCUT2D eigenvalue weighted by atomic mass is 9.85. The van der Waals surface area contributed by atoms with E-state index in [4.69, 9.17) is 9.47 Å². The lowest BCUT2D eigenvalue weighted by Crippen LogP contribution is -2.25. The number of halogens is 1. The Kier molecular flexibility index (Phi) is 5.52. The molecule has 0 radical (unpaired) electrons. The second-order valence-corrected chi connectivity index (χ2v) is 8.68. The SMILES string of the molecule is COc1cc([C@H]2CC(=O)Nc3c2c(C)nn3-c2ccc3nncn3n2)ccc1OCc1ccccc1F. The van der Waals surface area contributed by atoms with Crippen LogP contribution in [0.3, 0.4) is 0 Å². The zero-order valence-electron chi connectivity index (χ0n) is 20.1. The van der Waals surface area contributed by atoms with Crippen LogP contribution >= 0.6 is 0 Å². The van der Waals surface area contributed by atoms with Crippen molar-refractivity contribution in [2.45, 2.75) is 25.9 Å². The molecule has 1 aliphatic rings. The van der Waals surface area contributed by atoms with E-state index in [-0.39, 0.29) is 30.7 Å². The number of aromatic nitrogens is 6. The fourth-order valence-electron chi connectivity index (χ4n) is 4.62. The van der Waals surface area contributed by atoms with Crippen molar-refractivity contribution in [3.63, 3.8) is 0 Å². The molecular formula is C26H22FN7O3. The minimum absolute atomic E-state index is 0.0635. The molecule has 2 aromatic carbocycles. The molecule has 5 aromatic rings. The molecule has 1 N–H and O–H groups in total. The Bertz CT molecular complexity index is 1640. The minimum Gasteiger partial charge on any atom is -0.493 e. The van der Waals surface area contributed by atoms with Gasteiger partial charge in [-0.2, -0.15) is 14.3 Å². The van der Waals surface area contributed by atoms with Gasteiger partial charge in [-0.05, 0) is 42.8 Å². The molecule has 0 unspecified atom stereocenters. The smallest absolute Gasteiger partial charge is 0.226 e. The van der Waals surface area contributed by atoms with E-state index in [9.17, 15) is 9.18 Å². The molecule has 6 rings (SSSR count). The van der Waals surface area contributed by atoms with Crippen LogP contribution in [0, 0.1) is 12.7 Å². The Morgan fingerprint density at radius 2 is 1.97 bits per heavy atom. The zero-order chi connectivity index (χ0) is 25.5. The molecule has 0 fully saturated rings. The van der Waals surface area contributed by atoms with Gasteiger partial charge in [0.05, 0.1) is 12.8 Å². The molecule has 1 amide bonds. The molecule has 37 heavy (non-hydrogen) atoms. The molecule has 10 nitrogen and oxygen atoms in total. The van der Waals surface area contributed by atoms with Crippen molar-refractivity contribution >= 4 is 17.4 Å². The number of ether oxygens (including phenoxy) is 2. The third kappa shape index (κ3) is 4.03. The average molecular weight is 500 g/mol. The molecule has 0 aliphatic carbocycles. The highest BCUT2D eigenvalue weighted by atomic mass is 19.1. The highest BCUT2D eigenvalue weighted by Gasteiger charge is 2.33. The number of rotatable bonds is 6. The molecule has 0 spiro atoms. The van der Waals surface area contributed by atoms with Crippen molar-refractivity contribution in [1.29, 1.82) is 0 Å². The maximum absolute atomic E-state index is 14.0. The summed E-state index contributed by atoms with van der Waals surface area (Å²) < 4.78 is 28.6. The average Bonchev–Trinajstić information content (AvgIpc) is 3.51. The largest absolute Gasteiger partial charge is 0.493 e. The number of benzene rings is 2. The van der Waals surface area contributed by atoms with Gasteiger partial charge in [0.1, 0.15) is 24.6 Å². The summed E-state index contributed by atoms with van der Waals surface area (Å²) in [5, 5.41) is 20.0. The van der Waals surface area contributed by atoms with Crippen LogP contribution in [0.2, 0.25) is 0 Å². The second-order valence-electron chi connectivity index (χ2n) is 8.68. The number of aryl methyl sites for hydroxylation is 1. The van der Waals surface area contributed by atoms with Crippen LogP contribution in [0.1, 0.15) is 34.7 Å². The minimum atomic E-state index is -0.329. The third-order valence-corrected chi connectivity index (χ3v) is 6.40. The number of hydrogen-bond donors (Lipinski definition) is 1. The molecule has 1 aliphatic heterocycles. The summed E-state index contributed by atoms with van der Waals surface area (Å²) in [5.74, 6) is 1.34. The summed E-state index contributed by atoms with van der Waals surface area (Å²) in [5.41, 5.74) is 3.59. The Hall–Kier alpha value is -4.80. The summed E-state index contributed by atoms with van der Waals surface area (Å²) in [6.45, 7) is 1.97. The van der Waals surface area contributed by atoms with E-state index in [0.717, 1.165) is 16.8 Å². The quantitative estimate of drug-likeness (QED) is 0.378. The van der Waals surface area contributed by atoms with Crippen molar-refractivity contribution in [3.8, 4) is 17.3 Å². The van der Waals surface area contributed by atoms with Gasteiger partial charge in [0.15, 0.2) is 23.0 Å². The second kappa shape index (κ2) is 9.01. The summed E-state index contributed by atoms with van der Waals surface area (Å²) in [4.78, 5) is 12.8. The molecule has 4 heterocycles. The number of amides is 1. The fraction of sp³-hybridized carbons (Fsp3) is 0.192. The molecular weight excluding hydrogens is 477 g/mol. The van der Waals surface area contributed by atoms with Gasteiger partial charge in [-0.1, -0.05) is 24.3 Å². The number of methoxy groups -OCH3 is 1. The molecule has 3 aromatic heterocycles. The van der Waals surface area contributed by atoms with Crippen LogP contribution in [0.25, 0.3) is 11.5 Å². The van der Waals surface area contributed by atoms with E-state index in [1.165, 1.54) is 12.4 Å². The van der Waals surface area contributed by atoms with Gasteiger partial charge in [-0.3, -0.25) is 4.79 Å². The van der Waals surface area contributed by atoms with E-state index in [1.54, 1.807) is 52.7 Å². The Morgan fingerprint density at radius 3 is 2.81 bits per heavy atom. The van der Waals surface area contributed by atoms with Crippen molar-refractivity contribution in [2.24, 2.45) is 0 Å². The van der Waals surface area contributed by atoms with E-state index < -0.39 is 0 Å². The van der Waals surface area contributed by atoms with E-state index in [1.807, 2.05) is 19.1 Å². The summed E-state index contributed by atoms with van der Waals surface area (Å²) >= 11 is 0. The number of anilines is 1. The molecule has 186 valence electrons. The highest BCUT2D eigenvalue weighted by Crippen LogP contribution is 2.42. The Labute approximate surface area is 210 Å². The zero-order valence-corrected chi connectivity index (χ0v) is 20.1. The lowest BCUT2D eigenvalue weighted by molar-refractivity contribution is -0.116. The first-order valence-electron chi connectivity index (χ1n) is 11.6. The topological polar surface area (TPSA) is 108 Å². The Balaban J connectivity index is 1.35. The van der Waals surface area contributed by atoms with Crippen molar-refractivity contribution in [3.05, 3.63) is 89.1 Å². The lowest BCUT2D eigenvalue weighted by Gasteiger charge is -2.25. The van der Waals surface area contributed by atoms with Crippen molar-refractivity contribution in [2.75, 3.05) is 12.4 Å². The summed E-state index contributed by atoms with van der Waals surface area (Å²) in [7, 11) is 1.55. The molecule has 0 bridgehead atoms. The van der Waals surface area contributed by atoms with Crippen LogP contribution in [0.15, 0.2) is 60.9 Å². The standard InChI is InChI=1S/C26H22FN7O3/c1-15-25-18(16-7-8-20(21(11-16)36-2)37-13-17-5-3-4-6-19(17)27)12-24(35)29-26(25)34(31-15)23-10-9-22-30-28-14-33(22)32-23/h3-11,14,18H,12-13H2,1-2H3,(H,29,35)/t18-/m1/s1. The van der Waals surface area contributed by atoms with Gasteiger partial charge in [-0.15, -0.1) is 15.3 Å². The van der Waals surface area contributed by atoms with Crippen LogP contribution < -0.4 is 14.8 Å². The predicted molar refractivity (Wildman–Crippen MR) is 131 cm³/mol. The van der Waals surface area contributed by atoms with Gasteiger partial charge in [-0.25, -0.2) is 4.39 Å². The first-order chi connectivity index (χ1) is 18.0. The number of carbonyl (C=O) groups excluding carboxylic acids is 1. The normalized spacial score (nSPS) is 14.9. The van der Waals surface area contributed by atoms with E-state index >= 15 is 0 Å². The van der Waals surface area contributed by atoms with Crippen LogP contribution in [-0.4, -0.2) is 42.6 Å². The van der Waals surface area contributed by atoms with Crippen LogP contribution in [0.4, 0.5) is 10.2 Å². The maximum atomic E-state index is 14.0. The van der Waals surface area contributed by atoms with E-state index in [0.29, 0.717) is 34.3 Å². The summed E-state index contributed by atoms with van der Waals surface area (Å²) in [6, 6.07) is 15.5. The number of hydrogen-bond acceptors (Lipinski definition) is 7. The maximum Gasteiger partial charge on any atom is 0.226 e. The van der Waals surface area contributed by atoms with Gasteiger partial charge < -0.3 is 14.8 Å². The fourth-order valence-corrected chi connectivity index (χ4v) is 4.62. The number of nitrogens with one attached hydrogen (secondary N) is 1. The monoisotopic (exact) mass is 499 g/mol. The molecule has 1 atom stereocenters. The van der Waals surface area contributed by atoms with Crippen LogP contribution in [-0.2, 0) is 11.4 Å². The van der Waals surface area contributed by atoms with Crippen molar-refractivity contribution in [1.82, 2.24) is 29.6 Å². The summed E-state index contributed by atoms with van der Waals surface area (Å²) in [6.07, 6.45) is 1.75. The van der Waals surface area contributed by atoms with E-state index in [2.05, 4.69) is 25.7 Å². The first-order valence-corrected chi connectivity index (χ1v) is 11.6. The highest BCUT2D eigenvalue weighted by molar-refractivity contribution is 5.95. The predicted octanol–water partition coefficient (Wildman–Crippen LogP) is 3.82. The van der Waals surface area contributed by atoms with Gasteiger partial charge in [0.2, 0.25) is 5.91 Å². The number of nitrogens with zero attached hydrogens (tertiary/aromatic N) is 6. The van der Waals surface area contributed by atoms with Gasteiger partial charge >= 0.3 is 0 Å². The number of carbonyl (C=O) groups is 1. The van der Waals surface area contributed by atoms with Crippen LogP contribution in [0.5, 0.6) is 11.5 Å².